The van der Waals surface area contributed by atoms with Gasteiger partial charge in [0.05, 0.1) is 10.8 Å². The van der Waals surface area contributed by atoms with Crippen molar-refractivity contribution in [1.29, 1.82) is 0 Å². The molecule has 0 saturated carbocycles. The number of carbonyl (C=O) groups excluding carboxylic acids is 1. The van der Waals surface area contributed by atoms with Crippen LogP contribution in [0.3, 0.4) is 0 Å². The van der Waals surface area contributed by atoms with Crippen molar-refractivity contribution in [3.63, 3.8) is 0 Å². The number of carboxylic acids is 1. The Labute approximate surface area is 207 Å². The second-order valence-electron chi connectivity index (χ2n) is 8.84. The third-order valence-corrected chi connectivity index (χ3v) is 7.69. The van der Waals surface area contributed by atoms with E-state index in [0.29, 0.717) is 30.6 Å². The first kappa shape index (κ1) is 26.7. The smallest absolute Gasteiger partial charge is 0.318 e. The van der Waals surface area contributed by atoms with Crippen LogP contribution in [0.4, 0.5) is 5.69 Å². The van der Waals surface area contributed by atoms with E-state index in [1.807, 2.05) is 19.1 Å². The predicted octanol–water partition coefficient (Wildman–Crippen LogP) is 4.23. The molecule has 1 saturated heterocycles. The van der Waals surface area contributed by atoms with Crippen LogP contribution in [0, 0.1) is 6.92 Å². The average Bonchev–Trinajstić information content (AvgIpc) is 3.36. The summed E-state index contributed by atoms with van der Waals surface area (Å²) in [7, 11) is -3.75. The van der Waals surface area contributed by atoms with Crippen molar-refractivity contribution >= 4 is 27.6 Å². The molecule has 0 aliphatic carbocycles. The number of carboxylic acid groups (broad SMARTS) is 1. The molecular formula is C26H34N2O6S. The van der Waals surface area contributed by atoms with Crippen molar-refractivity contribution < 1.29 is 27.9 Å². The molecule has 9 heteroatoms. The Morgan fingerprint density at radius 2 is 1.77 bits per heavy atom. The summed E-state index contributed by atoms with van der Waals surface area (Å²) in [5.41, 5.74) is 2.59. The van der Waals surface area contributed by atoms with Crippen molar-refractivity contribution in [3.05, 3.63) is 53.6 Å². The van der Waals surface area contributed by atoms with Crippen LogP contribution in [0.1, 0.15) is 62.5 Å². The van der Waals surface area contributed by atoms with Gasteiger partial charge in [0, 0.05) is 31.7 Å². The van der Waals surface area contributed by atoms with Crippen molar-refractivity contribution in [2.75, 3.05) is 24.5 Å². The normalized spacial score (nSPS) is 14.6. The summed E-state index contributed by atoms with van der Waals surface area (Å²) in [4.78, 5) is 25.9. The first-order valence-corrected chi connectivity index (χ1v) is 13.6. The molecular weight excluding hydrogens is 468 g/mol. The molecule has 3 rings (SSSR count). The van der Waals surface area contributed by atoms with Crippen LogP contribution in [0.5, 0.6) is 5.75 Å². The van der Waals surface area contributed by atoms with E-state index in [-0.39, 0.29) is 23.8 Å². The fourth-order valence-electron chi connectivity index (χ4n) is 4.21. The van der Waals surface area contributed by atoms with Gasteiger partial charge in [-0.1, -0.05) is 19.1 Å². The minimum absolute atomic E-state index is 0.00222. The van der Waals surface area contributed by atoms with Crippen molar-refractivity contribution in [3.8, 4) is 5.75 Å². The standard InChI is InChI=1S/C26H34N2O6S/c1-3-23(20-9-11-21(12-10-20)28-16-6-7-17-28)26(31)34-24-14-13-22(18-19(24)2)35(32,33)27-15-5-4-8-25(29)30/h9-14,18,23,27H,3-8,15-17H2,1-2H3,(H,29,30). The third-order valence-electron chi connectivity index (χ3n) is 6.24. The highest BCUT2D eigenvalue weighted by molar-refractivity contribution is 7.89. The van der Waals surface area contributed by atoms with Gasteiger partial charge in [0.15, 0.2) is 0 Å². The van der Waals surface area contributed by atoms with Crippen LogP contribution < -0.4 is 14.4 Å². The molecule has 2 N–H and O–H groups in total. The van der Waals surface area contributed by atoms with E-state index in [1.165, 1.54) is 31.0 Å². The van der Waals surface area contributed by atoms with Crippen molar-refractivity contribution in [1.82, 2.24) is 4.72 Å². The molecule has 0 aromatic heterocycles. The Morgan fingerprint density at radius 3 is 2.37 bits per heavy atom. The number of sulfonamides is 1. The van der Waals surface area contributed by atoms with Crippen LogP contribution >= 0.6 is 0 Å². The molecule has 0 bridgehead atoms. The zero-order chi connectivity index (χ0) is 25.4. The number of aliphatic carboxylic acids is 1. The quantitative estimate of drug-likeness (QED) is 0.254. The number of nitrogens with one attached hydrogen (secondary N) is 1. The summed E-state index contributed by atoms with van der Waals surface area (Å²) in [6.45, 7) is 5.90. The lowest BCUT2D eigenvalue weighted by atomic mass is 9.96. The fraction of sp³-hybridized carbons (Fsp3) is 0.462. The highest BCUT2D eigenvalue weighted by Crippen LogP contribution is 2.28. The molecule has 1 unspecified atom stereocenters. The lowest BCUT2D eigenvalue weighted by Gasteiger charge is -2.20. The molecule has 2 aromatic rings. The van der Waals surface area contributed by atoms with Gasteiger partial charge in [0.2, 0.25) is 10.0 Å². The van der Waals surface area contributed by atoms with Crippen molar-refractivity contribution in [2.45, 2.75) is 63.2 Å². The minimum atomic E-state index is -3.75. The summed E-state index contributed by atoms with van der Waals surface area (Å²) in [6.07, 6.45) is 3.81. The molecule has 190 valence electrons. The van der Waals surface area contributed by atoms with Gasteiger partial charge >= 0.3 is 11.9 Å². The van der Waals surface area contributed by atoms with Gasteiger partial charge in [-0.2, -0.15) is 0 Å². The summed E-state index contributed by atoms with van der Waals surface area (Å²) >= 11 is 0. The average molecular weight is 503 g/mol. The number of nitrogens with zero attached hydrogens (tertiary/aromatic N) is 1. The SMILES string of the molecule is CCC(C(=O)Oc1ccc(S(=O)(=O)NCCCCC(=O)O)cc1C)c1ccc(N2CCCC2)cc1. The minimum Gasteiger partial charge on any atom is -0.481 e. The Hall–Kier alpha value is -2.91. The van der Waals surface area contributed by atoms with Gasteiger partial charge in [0.25, 0.3) is 0 Å². The first-order valence-electron chi connectivity index (χ1n) is 12.1. The van der Waals surface area contributed by atoms with Gasteiger partial charge in [-0.05, 0) is 80.5 Å². The van der Waals surface area contributed by atoms with Crippen LogP contribution in [0.15, 0.2) is 47.4 Å². The highest BCUT2D eigenvalue weighted by atomic mass is 32.2. The number of unbranched alkanes of at least 4 members (excludes halogenated alkanes) is 1. The number of hydrogen-bond donors (Lipinski definition) is 2. The number of anilines is 1. The molecule has 8 nitrogen and oxygen atoms in total. The van der Waals surface area contributed by atoms with E-state index in [4.69, 9.17) is 9.84 Å². The third kappa shape index (κ3) is 7.29. The Morgan fingerprint density at radius 1 is 1.09 bits per heavy atom. The topological polar surface area (TPSA) is 113 Å². The molecule has 1 fully saturated rings. The van der Waals surface area contributed by atoms with Crippen molar-refractivity contribution in [2.24, 2.45) is 0 Å². The maximum atomic E-state index is 13.0. The van der Waals surface area contributed by atoms with Crippen LogP contribution in [0.25, 0.3) is 0 Å². The summed E-state index contributed by atoms with van der Waals surface area (Å²) < 4.78 is 33.2. The second-order valence-corrected chi connectivity index (χ2v) is 10.6. The molecule has 1 heterocycles. The number of carbonyl (C=O) groups is 2. The Kier molecular flexibility index (Phi) is 9.28. The van der Waals surface area contributed by atoms with E-state index in [9.17, 15) is 18.0 Å². The predicted molar refractivity (Wildman–Crippen MR) is 134 cm³/mol. The number of aryl methyl sites for hydroxylation is 1. The summed E-state index contributed by atoms with van der Waals surface area (Å²) in [6, 6.07) is 12.4. The lowest BCUT2D eigenvalue weighted by molar-refractivity contribution is -0.137. The zero-order valence-electron chi connectivity index (χ0n) is 20.3. The van der Waals surface area contributed by atoms with E-state index in [0.717, 1.165) is 24.3 Å². The van der Waals surface area contributed by atoms with Gasteiger partial charge in [-0.25, -0.2) is 13.1 Å². The van der Waals surface area contributed by atoms with Crippen LogP contribution in [0.2, 0.25) is 0 Å². The monoisotopic (exact) mass is 502 g/mol. The summed E-state index contributed by atoms with van der Waals surface area (Å²) in [5, 5.41) is 8.66. The number of hydrogen-bond acceptors (Lipinski definition) is 6. The van der Waals surface area contributed by atoms with E-state index in [2.05, 4.69) is 21.8 Å². The summed E-state index contributed by atoms with van der Waals surface area (Å²) in [5.74, 6) is -1.38. The highest BCUT2D eigenvalue weighted by Gasteiger charge is 2.23. The van der Waals surface area contributed by atoms with Gasteiger partial charge < -0.3 is 14.7 Å². The molecule has 0 spiro atoms. The Bertz CT molecular complexity index is 1130. The number of rotatable bonds is 12. The zero-order valence-corrected chi connectivity index (χ0v) is 21.1. The maximum absolute atomic E-state index is 13.0. The molecule has 35 heavy (non-hydrogen) atoms. The lowest BCUT2D eigenvalue weighted by Crippen LogP contribution is -2.25. The Balaban J connectivity index is 1.62. The van der Waals surface area contributed by atoms with Gasteiger partial charge in [-0.3, -0.25) is 9.59 Å². The molecule has 2 aromatic carbocycles. The van der Waals surface area contributed by atoms with Crippen LogP contribution in [-0.4, -0.2) is 45.1 Å². The van der Waals surface area contributed by atoms with E-state index >= 15 is 0 Å². The molecule has 0 radical (unpaired) electrons. The van der Waals surface area contributed by atoms with Gasteiger partial charge in [0.1, 0.15) is 5.75 Å². The first-order chi connectivity index (χ1) is 16.7. The number of ether oxygens (including phenoxy) is 1. The van der Waals surface area contributed by atoms with E-state index in [1.54, 1.807) is 6.92 Å². The maximum Gasteiger partial charge on any atom is 0.318 e. The molecule has 1 aliphatic rings. The molecule has 0 amide bonds. The molecule has 1 atom stereocenters. The second kappa shape index (κ2) is 12.2. The molecule has 1 aliphatic heterocycles. The number of esters is 1. The van der Waals surface area contributed by atoms with Crippen LogP contribution in [-0.2, 0) is 19.6 Å². The van der Waals surface area contributed by atoms with E-state index < -0.39 is 21.9 Å². The largest absolute Gasteiger partial charge is 0.481 e. The van der Waals surface area contributed by atoms with Gasteiger partial charge in [-0.15, -0.1) is 0 Å². The fourth-order valence-corrected chi connectivity index (χ4v) is 5.36. The number of benzene rings is 2.